The number of carbonyl (C=O) groups is 1. The van der Waals surface area contributed by atoms with E-state index in [-0.39, 0.29) is 21.6 Å². The zero-order chi connectivity index (χ0) is 19.4. The summed E-state index contributed by atoms with van der Waals surface area (Å²) in [6.45, 7) is 2.27. The van der Waals surface area contributed by atoms with Gasteiger partial charge in [0.1, 0.15) is 11.9 Å². The Hall–Kier alpha value is -2.93. The highest BCUT2D eigenvalue weighted by molar-refractivity contribution is 7.91. The van der Waals surface area contributed by atoms with Crippen LogP contribution in [0.15, 0.2) is 64.5 Å². The number of ether oxygens (including phenoxy) is 1. The summed E-state index contributed by atoms with van der Waals surface area (Å²) in [4.78, 5) is 15.2. The fraction of sp³-hybridized carbons (Fsp3) is 0.200. The van der Waals surface area contributed by atoms with Gasteiger partial charge in [-0.3, -0.25) is 9.78 Å². The molecule has 140 valence electrons. The molecule has 1 N–H and O–H groups in total. The normalized spacial score (nSPS) is 12.6. The highest BCUT2D eigenvalue weighted by Gasteiger charge is 2.20. The number of benzene rings is 2. The maximum absolute atomic E-state index is 12.9. The monoisotopic (exact) mass is 385 g/mol. The first-order valence-electron chi connectivity index (χ1n) is 8.47. The smallest absolute Gasteiger partial charge is 0.293 e. The van der Waals surface area contributed by atoms with Gasteiger partial charge in [0.05, 0.1) is 21.7 Å². The lowest BCUT2D eigenvalue weighted by Crippen LogP contribution is -2.15. The van der Waals surface area contributed by atoms with Crippen LogP contribution in [-0.2, 0) is 25.8 Å². The number of sulfone groups is 1. The molecule has 1 heterocycles. The van der Waals surface area contributed by atoms with E-state index in [1.807, 2.05) is 6.92 Å². The number of fused-ring (bicyclic) bond motifs is 1. The Balaban J connectivity index is 2.13. The number of hydrogen-bond donors (Lipinski definition) is 1. The topological polar surface area (TPSA) is 93.6 Å². The molecule has 1 unspecified atom stereocenters. The summed E-state index contributed by atoms with van der Waals surface area (Å²) in [5.74, 6) is -0.0400. The van der Waals surface area contributed by atoms with E-state index in [0.717, 1.165) is 0 Å². The maximum Gasteiger partial charge on any atom is 0.293 e. The molecule has 0 spiro atoms. The fourth-order valence-corrected chi connectivity index (χ4v) is 4.22. The Morgan fingerprint density at radius 3 is 2.52 bits per heavy atom. The molecule has 3 aromatic rings. The summed E-state index contributed by atoms with van der Waals surface area (Å²) >= 11 is 0. The van der Waals surface area contributed by atoms with Gasteiger partial charge >= 0.3 is 0 Å². The predicted octanol–water partition coefficient (Wildman–Crippen LogP) is 3.27. The Morgan fingerprint density at radius 1 is 1.11 bits per heavy atom. The van der Waals surface area contributed by atoms with Crippen molar-refractivity contribution in [1.29, 1.82) is 0 Å². The first-order chi connectivity index (χ1) is 13.0. The van der Waals surface area contributed by atoms with Crippen LogP contribution < -0.4 is 0 Å². The lowest BCUT2D eigenvalue weighted by Gasteiger charge is -2.15. The third-order valence-electron chi connectivity index (χ3n) is 4.41. The summed E-state index contributed by atoms with van der Waals surface area (Å²) in [5, 5.41) is 11.1. The van der Waals surface area contributed by atoms with E-state index in [4.69, 9.17) is 4.74 Å². The van der Waals surface area contributed by atoms with Crippen LogP contribution in [0, 0.1) is 0 Å². The SMILES string of the molecule is CCC(Cc1ncc(O)c2ccc(S(=O)(=O)c3ccccc3)cc12)OC=O. The minimum atomic E-state index is -3.70. The maximum atomic E-state index is 12.9. The predicted molar refractivity (Wildman–Crippen MR) is 100 cm³/mol. The van der Waals surface area contributed by atoms with Gasteiger partial charge in [-0.05, 0) is 36.8 Å². The second-order valence-corrected chi connectivity index (χ2v) is 8.03. The van der Waals surface area contributed by atoms with Gasteiger partial charge in [0.2, 0.25) is 9.84 Å². The van der Waals surface area contributed by atoms with Crippen LogP contribution in [0.4, 0.5) is 0 Å². The Kier molecular flexibility index (Phi) is 5.41. The molecule has 0 aliphatic carbocycles. The van der Waals surface area contributed by atoms with Crippen molar-refractivity contribution in [2.45, 2.75) is 35.7 Å². The molecule has 27 heavy (non-hydrogen) atoms. The molecule has 0 bridgehead atoms. The van der Waals surface area contributed by atoms with Crippen molar-refractivity contribution in [1.82, 2.24) is 4.98 Å². The average molecular weight is 385 g/mol. The summed E-state index contributed by atoms with van der Waals surface area (Å²) in [5.41, 5.74) is 0.557. The van der Waals surface area contributed by atoms with Crippen LogP contribution in [-0.4, -0.2) is 31.1 Å². The van der Waals surface area contributed by atoms with Crippen LogP contribution in [0.5, 0.6) is 5.75 Å². The van der Waals surface area contributed by atoms with Gasteiger partial charge in [-0.1, -0.05) is 25.1 Å². The van der Waals surface area contributed by atoms with E-state index in [2.05, 4.69) is 4.98 Å². The molecule has 0 saturated carbocycles. The third-order valence-corrected chi connectivity index (χ3v) is 6.18. The van der Waals surface area contributed by atoms with Crippen molar-refractivity contribution in [2.24, 2.45) is 0 Å². The molecule has 7 heteroatoms. The molecule has 0 aliphatic rings. The number of nitrogens with zero attached hydrogens (tertiary/aromatic N) is 1. The highest BCUT2D eigenvalue weighted by atomic mass is 32.2. The molecule has 0 amide bonds. The average Bonchev–Trinajstić information content (AvgIpc) is 2.70. The number of hydrogen-bond acceptors (Lipinski definition) is 6. The summed E-state index contributed by atoms with van der Waals surface area (Å²) in [6, 6.07) is 12.7. The van der Waals surface area contributed by atoms with E-state index >= 15 is 0 Å². The third kappa shape index (κ3) is 3.78. The zero-order valence-corrected chi connectivity index (χ0v) is 15.5. The van der Waals surface area contributed by atoms with Crippen LogP contribution in [0.3, 0.4) is 0 Å². The van der Waals surface area contributed by atoms with Crippen molar-refractivity contribution in [3.8, 4) is 5.75 Å². The van der Waals surface area contributed by atoms with E-state index in [1.165, 1.54) is 30.5 Å². The number of aromatic hydroxyl groups is 1. The summed E-state index contributed by atoms with van der Waals surface area (Å²) in [6.07, 6.45) is 1.85. The first-order valence-corrected chi connectivity index (χ1v) is 9.95. The lowest BCUT2D eigenvalue weighted by atomic mass is 10.0. The fourth-order valence-electron chi connectivity index (χ4n) is 2.91. The van der Waals surface area contributed by atoms with Crippen LogP contribution >= 0.6 is 0 Å². The molecule has 0 fully saturated rings. The molecule has 0 radical (unpaired) electrons. The van der Waals surface area contributed by atoms with Gasteiger partial charge in [0.15, 0.2) is 0 Å². The molecular weight excluding hydrogens is 366 g/mol. The molecule has 1 aromatic heterocycles. The number of carbonyl (C=O) groups excluding carboxylic acids is 1. The molecule has 0 aliphatic heterocycles. The minimum Gasteiger partial charge on any atom is -0.506 e. The molecule has 3 rings (SSSR count). The zero-order valence-electron chi connectivity index (χ0n) is 14.7. The van der Waals surface area contributed by atoms with Crippen molar-refractivity contribution < 1.29 is 23.1 Å². The summed E-state index contributed by atoms with van der Waals surface area (Å²) < 4.78 is 30.8. The quantitative estimate of drug-likeness (QED) is 0.628. The van der Waals surface area contributed by atoms with Gasteiger partial charge in [0.25, 0.3) is 6.47 Å². The van der Waals surface area contributed by atoms with Gasteiger partial charge in [-0.25, -0.2) is 8.42 Å². The largest absolute Gasteiger partial charge is 0.506 e. The van der Waals surface area contributed by atoms with Crippen molar-refractivity contribution in [3.05, 3.63) is 60.4 Å². The number of aromatic nitrogens is 1. The van der Waals surface area contributed by atoms with Gasteiger partial charge in [0, 0.05) is 17.2 Å². The Labute approximate surface area is 157 Å². The van der Waals surface area contributed by atoms with Gasteiger partial charge in [-0.15, -0.1) is 0 Å². The van der Waals surface area contributed by atoms with E-state index < -0.39 is 9.84 Å². The molecule has 1 atom stereocenters. The summed E-state index contributed by atoms with van der Waals surface area (Å²) in [7, 11) is -3.70. The van der Waals surface area contributed by atoms with Crippen LogP contribution in [0.2, 0.25) is 0 Å². The second-order valence-electron chi connectivity index (χ2n) is 6.08. The Bertz CT molecular complexity index is 1060. The Morgan fingerprint density at radius 2 is 1.85 bits per heavy atom. The molecule has 2 aromatic carbocycles. The van der Waals surface area contributed by atoms with Gasteiger partial charge in [-0.2, -0.15) is 0 Å². The second kappa shape index (κ2) is 7.75. The van der Waals surface area contributed by atoms with Crippen LogP contribution in [0.1, 0.15) is 19.0 Å². The standard InChI is InChI=1S/C20H19NO5S/c1-2-14(26-13-22)10-19-18-11-16(8-9-17(18)20(23)12-21-19)27(24,25)15-6-4-3-5-7-15/h3-9,11-14,23H,2,10H2,1H3. The number of rotatable bonds is 7. The molecule has 0 saturated heterocycles. The van der Waals surface area contributed by atoms with E-state index in [9.17, 15) is 18.3 Å². The molecular formula is C20H19NO5S. The highest BCUT2D eigenvalue weighted by Crippen LogP contribution is 2.31. The van der Waals surface area contributed by atoms with Crippen LogP contribution in [0.25, 0.3) is 10.8 Å². The lowest BCUT2D eigenvalue weighted by molar-refractivity contribution is -0.133. The van der Waals surface area contributed by atoms with Crippen molar-refractivity contribution in [2.75, 3.05) is 0 Å². The molecule has 6 nitrogen and oxygen atoms in total. The van der Waals surface area contributed by atoms with E-state index in [1.54, 1.807) is 24.3 Å². The first kappa shape index (κ1) is 18.8. The van der Waals surface area contributed by atoms with Crippen molar-refractivity contribution >= 4 is 27.1 Å². The number of pyridine rings is 1. The minimum absolute atomic E-state index is 0.0400. The van der Waals surface area contributed by atoms with Crippen molar-refractivity contribution in [3.63, 3.8) is 0 Å². The van der Waals surface area contributed by atoms with Gasteiger partial charge < -0.3 is 9.84 Å². The van der Waals surface area contributed by atoms with E-state index in [0.29, 0.717) is 35.8 Å².